The van der Waals surface area contributed by atoms with Gasteiger partial charge >= 0.3 is 0 Å². The van der Waals surface area contributed by atoms with E-state index in [4.69, 9.17) is 9.47 Å². The fraction of sp³-hybridized carbons (Fsp3) is 0.800. The molecule has 0 N–H and O–H groups in total. The Bertz CT molecular complexity index is 190. The molecule has 0 unspecified atom stereocenters. The third kappa shape index (κ3) is 1.48. The first-order chi connectivity index (χ1) is 5.81. The third-order valence-electron chi connectivity index (χ3n) is 2.65. The molecule has 0 aromatic heterocycles. The minimum atomic E-state index is -0.238. The molecule has 0 aromatic carbocycles. The van der Waals surface area contributed by atoms with Crippen molar-refractivity contribution in [1.29, 1.82) is 0 Å². The smallest absolute Gasteiger partial charge is 0.209 e. The number of rotatable bonds is 0. The molecule has 1 aliphatic heterocycles. The van der Waals surface area contributed by atoms with Gasteiger partial charge in [-0.3, -0.25) is 0 Å². The van der Waals surface area contributed by atoms with Crippen LogP contribution in [0.5, 0.6) is 0 Å². The number of ether oxygens (including phenoxy) is 2. The van der Waals surface area contributed by atoms with Gasteiger partial charge in [-0.05, 0) is 25.3 Å². The average molecular weight is 168 g/mol. The Balaban J connectivity index is 2.02. The van der Waals surface area contributed by atoms with Crippen LogP contribution in [0.25, 0.3) is 0 Å². The van der Waals surface area contributed by atoms with Gasteiger partial charge in [-0.1, -0.05) is 6.42 Å². The van der Waals surface area contributed by atoms with Gasteiger partial charge in [0.05, 0.1) is 12.9 Å². The molecule has 1 saturated carbocycles. The highest BCUT2D eigenvalue weighted by Crippen LogP contribution is 2.35. The van der Waals surface area contributed by atoms with Crippen LogP contribution in [0.3, 0.4) is 0 Å². The fourth-order valence-electron chi connectivity index (χ4n) is 1.87. The van der Waals surface area contributed by atoms with E-state index in [-0.39, 0.29) is 5.79 Å². The normalized spacial score (nSPS) is 27.9. The predicted octanol–water partition coefficient (Wildman–Crippen LogP) is 2.60. The Morgan fingerprint density at radius 2 is 2.00 bits per heavy atom. The van der Waals surface area contributed by atoms with E-state index in [0.29, 0.717) is 0 Å². The van der Waals surface area contributed by atoms with Gasteiger partial charge in [-0.2, -0.15) is 0 Å². The maximum absolute atomic E-state index is 5.73. The molecule has 1 spiro atoms. The molecule has 0 saturated heterocycles. The van der Waals surface area contributed by atoms with Crippen LogP contribution in [0, 0.1) is 0 Å². The van der Waals surface area contributed by atoms with E-state index in [1.807, 2.05) is 13.2 Å². The van der Waals surface area contributed by atoms with Gasteiger partial charge in [0.15, 0.2) is 0 Å². The molecule has 68 valence electrons. The van der Waals surface area contributed by atoms with Crippen LogP contribution in [0.4, 0.5) is 0 Å². The van der Waals surface area contributed by atoms with Gasteiger partial charge in [0.2, 0.25) is 5.79 Å². The molecule has 2 aliphatic rings. The molecule has 2 rings (SSSR count). The molecular weight excluding hydrogens is 152 g/mol. The summed E-state index contributed by atoms with van der Waals surface area (Å²) in [4.78, 5) is 0. The van der Waals surface area contributed by atoms with Gasteiger partial charge < -0.3 is 9.47 Å². The van der Waals surface area contributed by atoms with Crippen LogP contribution in [0.1, 0.15) is 39.0 Å². The first kappa shape index (κ1) is 8.11. The predicted molar refractivity (Wildman–Crippen MR) is 46.6 cm³/mol. The van der Waals surface area contributed by atoms with E-state index in [9.17, 15) is 0 Å². The topological polar surface area (TPSA) is 18.5 Å². The van der Waals surface area contributed by atoms with Crippen molar-refractivity contribution in [3.8, 4) is 0 Å². The van der Waals surface area contributed by atoms with E-state index in [0.717, 1.165) is 19.4 Å². The summed E-state index contributed by atoms with van der Waals surface area (Å²) in [6.45, 7) is 2.79. The van der Waals surface area contributed by atoms with Crippen molar-refractivity contribution in [1.82, 2.24) is 0 Å². The largest absolute Gasteiger partial charge is 0.470 e. The lowest BCUT2D eigenvalue weighted by Gasteiger charge is -2.38. The van der Waals surface area contributed by atoms with Crippen LogP contribution < -0.4 is 0 Å². The maximum atomic E-state index is 5.73. The summed E-state index contributed by atoms with van der Waals surface area (Å²) in [5, 5.41) is 0. The van der Waals surface area contributed by atoms with Crippen LogP contribution >= 0.6 is 0 Å². The van der Waals surface area contributed by atoms with Gasteiger partial charge in [0.25, 0.3) is 0 Å². The molecule has 1 fully saturated rings. The first-order valence-electron chi connectivity index (χ1n) is 4.78. The van der Waals surface area contributed by atoms with Crippen LogP contribution in [0.2, 0.25) is 0 Å². The molecule has 1 aliphatic carbocycles. The maximum Gasteiger partial charge on any atom is 0.209 e. The Labute approximate surface area is 73.5 Å². The van der Waals surface area contributed by atoms with Crippen LogP contribution in [-0.4, -0.2) is 12.4 Å². The molecule has 2 heteroatoms. The third-order valence-corrected chi connectivity index (χ3v) is 2.65. The number of hydrogen-bond donors (Lipinski definition) is 0. The SMILES string of the molecule is CC1=COC2(CCCCC2)OC1. The average Bonchev–Trinajstić information content (AvgIpc) is 2.13. The molecule has 0 bridgehead atoms. The molecule has 0 amide bonds. The monoisotopic (exact) mass is 168 g/mol. The summed E-state index contributed by atoms with van der Waals surface area (Å²) in [6, 6.07) is 0. The van der Waals surface area contributed by atoms with E-state index in [2.05, 4.69) is 0 Å². The van der Waals surface area contributed by atoms with Crippen molar-refractivity contribution in [2.24, 2.45) is 0 Å². The first-order valence-corrected chi connectivity index (χ1v) is 4.78. The summed E-state index contributed by atoms with van der Waals surface area (Å²) in [7, 11) is 0. The lowest BCUT2D eigenvalue weighted by atomic mass is 9.93. The summed E-state index contributed by atoms with van der Waals surface area (Å²) in [5.41, 5.74) is 1.19. The molecule has 0 radical (unpaired) electrons. The van der Waals surface area contributed by atoms with E-state index in [1.54, 1.807) is 0 Å². The molecule has 0 atom stereocenters. The van der Waals surface area contributed by atoms with E-state index < -0.39 is 0 Å². The van der Waals surface area contributed by atoms with E-state index in [1.165, 1.54) is 24.8 Å². The Morgan fingerprint density at radius 1 is 1.25 bits per heavy atom. The summed E-state index contributed by atoms with van der Waals surface area (Å²) < 4.78 is 11.4. The minimum absolute atomic E-state index is 0.238. The Kier molecular flexibility index (Phi) is 2.09. The van der Waals surface area contributed by atoms with Crippen LogP contribution in [-0.2, 0) is 9.47 Å². The summed E-state index contributed by atoms with van der Waals surface area (Å²) in [5.74, 6) is -0.238. The van der Waals surface area contributed by atoms with Crippen LogP contribution in [0.15, 0.2) is 11.8 Å². The Hall–Kier alpha value is -0.500. The molecule has 1 heterocycles. The highest BCUT2D eigenvalue weighted by Gasteiger charge is 2.35. The van der Waals surface area contributed by atoms with Crippen molar-refractivity contribution < 1.29 is 9.47 Å². The fourth-order valence-corrected chi connectivity index (χ4v) is 1.87. The van der Waals surface area contributed by atoms with Gasteiger partial charge in [0.1, 0.15) is 0 Å². The van der Waals surface area contributed by atoms with Crippen molar-refractivity contribution >= 4 is 0 Å². The zero-order chi connectivity index (χ0) is 8.44. The zero-order valence-corrected chi connectivity index (χ0v) is 7.64. The minimum Gasteiger partial charge on any atom is -0.470 e. The molecule has 12 heavy (non-hydrogen) atoms. The van der Waals surface area contributed by atoms with Crippen molar-refractivity contribution in [2.45, 2.75) is 44.8 Å². The second-order valence-electron chi connectivity index (χ2n) is 3.84. The van der Waals surface area contributed by atoms with Gasteiger partial charge in [-0.25, -0.2) is 0 Å². The molecular formula is C10H16O2. The second-order valence-corrected chi connectivity index (χ2v) is 3.84. The highest BCUT2D eigenvalue weighted by molar-refractivity contribution is 4.98. The lowest BCUT2D eigenvalue weighted by molar-refractivity contribution is -0.231. The highest BCUT2D eigenvalue weighted by atomic mass is 16.7. The molecule has 0 aromatic rings. The quantitative estimate of drug-likeness (QED) is 0.553. The lowest BCUT2D eigenvalue weighted by Crippen LogP contribution is -2.39. The second kappa shape index (κ2) is 3.09. The zero-order valence-electron chi connectivity index (χ0n) is 7.64. The Morgan fingerprint density at radius 3 is 2.58 bits per heavy atom. The standard InChI is InChI=1S/C10H16O2/c1-9-7-11-10(12-8-9)5-3-2-4-6-10/h7H,2-6,8H2,1H3. The van der Waals surface area contributed by atoms with Crippen molar-refractivity contribution in [3.63, 3.8) is 0 Å². The van der Waals surface area contributed by atoms with Gasteiger partial charge in [-0.15, -0.1) is 0 Å². The summed E-state index contributed by atoms with van der Waals surface area (Å²) >= 11 is 0. The number of hydrogen-bond acceptors (Lipinski definition) is 2. The molecule has 2 nitrogen and oxygen atoms in total. The van der Waals surface area contributed by atoms with Crippen molar-refractivity contribution in [3.05, 3.63) is 11.8 Å². The van der Waals surface area contributed by atoms with Gasteiger partial charge in [0, 0.05) is 12.8 Å². The van der Waals surface area contributed by atoms with E-state index >= 15 is 0 Å². The summed E-state index contributed by atoms with van der Waals surface area (Å²) in [6.07, 6.45) is 7.82. The van der Waals surface area contributed by atoms with Crippen molar-refractivity contribution in [2.75, 3.05) is 6.61 Å².